The van der Waals surface area contributed by atoms with Crippen molar-refractivity contribution in [3.05, 3.63) is 102 Å². The first-order valence-electron chi connectivity index (χ1n) is 10.3. The van der Waals surface area contributed by atoms with Crippen LogP contribution in [0.15, 0.2) is 89.6 Å². The van der Waals surface area contributed by atoms with Gasteiger partial charge in [0.25, 0.3) is 11.7 Å². The Hall–Kier alpha value is -4.26. The van der Waals surface area contributed by atoms with Gasteiger partial charge in [-0.2, -0.15) is 0 Å². The number of likely N-dealkylation sites (tertiary alicyclic amines) is 1. The molecule has 1 unspecified atom stereocenters. The molecule has 2 heterocycles. The summed E-state index contributed by atoms with van der Waals surface area (Å²) in [5.74, 6) is -0.0687. The van der Waals surface area contributed by atoms with Crippen LogP contribution in [0.25, 0.3) is 5.76 Å². The minimum atomic E-state index is -0.829. The van der Waals surface area contributed by atoms with Gasteiger partial charge in [0.15, 0.2) is 0 Å². The molecule has 168 valence electrons. The fourth-order valence-electron chi connectivity index (χ4n) is 3.79. The van der Waals surface area contributed by atoms with Gasteiger partial charge in [-0.05, 0) is 54.1 Å². The van der Waals surface area contributed by atoms with Crippen molar-refractivity contribution in [1.82, 2.24) is 4.90 Å². The third-order valence-electron chi connectivity index (χ3n) is 5.35. The monoisotopic (exact) mass is 445 g/mol. The third-order valence-corrected chi connectivity index (χ3v) is 5.35. The molecule has 1 atom stereocenters. The van der Waals surface area contributed by atoms with Crippen LogP contribution in [0.2, 0.25) is 0 Å². The minimum absolute atomic E-state index is 0.00223. The number of nitrogens with zero attached hydrogens (tertiary/aromatic N) is 1. The van der Waals surface area contributed by atoms with Crippen molar-refractivity contribution in [1.29, 1.82) is 0 Å². The van der Waals surface area contributed by atoms with E-state index in [1.54, 1.807) is 66.7 Å². The van der Waals surface area contributed by atoms with Crippen molar-refractivity contribution in [2.45, 2.75) is 12.6 Å². The number of aliphatic hydroxyl groups excluding tert-OH is 1. The van der Waals surface area contributed by atoms with E-state index in [2.05, 4.69) is 6.58 Å². The highest BCUT2D eigenvalue weighted by atomic mass is 16.5. The molecule has 1 aliphatic rings. The van der Waals surface area contributed by atoms with Crippen molar-refractivity contribution in [2.75, 3.05) is 13.7 Å². The van der Waals surface area contributed by atoms with Gasteiger partial charge < -0.3 is 23.9 Å². The summed E-state index contributed by atoms with van der Waals surface area (Å²) in [6.07, 6.45) is 3.13. The zero-order valence-electron chi connectivity index (χ0n) is 18.1. The van der Waals surface area contributed by atoms with Gasteiger partial charge in [0.05, 0.1) is 31.5 Å². The fraction of sp³-hybridized carbons (Fsp3) is 0.154. The maximum Gasteiger partial charge on any atom is 0.296 e. The Balaban J connectivity index is 1.83. The van der Waals surface area contributed by atoms with Crippen LogP contribution in [0.3, 0.4) is 0 Å². The van der Waals surface area contributed by atoms with Crippen LogP contribution in [0.5, 0.6) is 11.5 Å². The molecule has 3 aromatic rings. The number of hydrogen-bond donors (Lipinski definition) is 1. The van der Waals surface area contributed by atoms with Gasteiger partial charge in [-0.25, -0.2) is 0 Å². The summed E-state index contributed by atoms with van der Waals surface area (Å²) in [7, 11) is 1.54. The number of amides is 1. The maximum absolute atomic E-state index is 13.1. The van der Waals surface area contributed by atoms with E-state index >= 15 is 0 Å². The molecule has 7 nitrogen and oxygen atoms in total. The van der Waals surface area contributed by atoms with Crippen molar-refractivity contribution in [2.24, 2.45) is 0 Å². The lowest BCUT2D eigenvalue weighted by Crippen LogP contribution is -2.29. The number of ether oxygens (including phenoxy) is 2. The van der Waals surface area contributed by atoms with Gasteiger partial charge >= 0.3 is 0 Å². The van der Waals surface area contributed by atoms with Crippen LogP contribution in [0.1, 0.15) is 22.9 Å². The van der Waals surface area contributed by atoms with Gasteiger partial charge in [-0.3, -0.25) is 9.59 Å². The predicted octanol–water partition coefficient (Wildman–Crippen LogP) is 4.47. The quantitative estimate of drug-likeness (QED) is 0.238. The number of rotatable bonds is 8. The van der Waals surface area contributed by atoms with Crippen molar-refractivity contribution < 1.29 is 28.6 Å². The minimum Gasteiger partial charge on any atom is -0.507 e. The summed E-state index contributed by atoms with van der Waals surface area (Å²) in [6, 6.07) is 16.3. The first kappa shape index (κ1) is 22.0. The number of carbonyl (C=O) groups is 2. The number of benzene rings is 2. The topological polar surface area (TPSA) is 89.2 Å². The van der Waals surface area contributed by atoms with Crippen LogP contribution in [-0.4, -0.2) is 35.4 Å². The molecule has 0 bridgehead atoms. The average Bonchev–Trinajstić information content (AvgIpc) is 3.45. The lowest BCUT2D eigenvalue weighted by atomic mass is 9.95. The summed E-state index contributed by atoms with van der Waals surface area (Å²) >= 11 is 0. The first-order chi connectivity index (χ1) is 16.0. The second-order valence-corrected chi connectivity index (χ2v) is 7.41. The van der Waals surface area contributed by atoms with Gasteiger partial charge in [0, 0.05) is 5.56 Å². The summed E-state index contributed by atoms with van der Waals surface area (Å²) in [6.45, 7) is 4.02. The molecule has 0 aliphatic carbocycles. The first-order valence-corrected chi connectivity index (χ1v) is 10.3. The Morgan fingerprint density at radius 3 is 2.58 bits per heavy atom. The molecule has 1 saturated heterocycles. The van der Waals surface area contributed by atoms with E-state index in [-0.39, 0.29) is 17.9 Å². The second kappa shape index (κ2) is 9.48. The number of hydrogen-bond acceptors (Lipinski definition) is 6. The van der Waals surface area contributed by atoms with E-state index in [1.807, 2.05) is 0 Å². The molecular weight excluding hydrogens is 422 g/mol. The van der Waals surface area contributed by atoms with Gasteiger partial charge in [-0.1, -0.05) is 24.8 Å². The number of Topliss-reactive ketones (excluding diaryl/α,β-unsaturated/α-hetero) is 1. The number of furan rings is 1. The molecular formula is C26H23NO6. The van der Waals surface area contributed by atoms with Crippen molar-refractivity contribution in [3.63, 3.8) is 0 Å². The summed E-state index contributed by atoms with van der Waals surface area (Å²) < 4.78 is 16.2. The largest absolute Gasteiger partial charge is 0.507 e. The van der Waals surface area contributed by atoms with Crippen LogP contribution in [0.4, 0.5) is 0 Å². The number of ketones is 1. The molecule has 0 radical (unpaired) electrons. The van der Waals surface area contributed by atoms with Gasteiger partial charge in [0.1, 0.15) is 29.6 Å². The molecule has 0 saturated carbocycles. The zero-order valence-corrected chi connectivity index (χ0v) is 18.1. The average molecular weight is 445 g/mol. The summed E-state index contributed by atoms with van der Waals surface area (Å²) in [4.78, 5) is 27.5. The highest BCUT2D eigenvalue weighted by Crippen LogP contribution is 2.41. The van der Waals surface area contributed by atoms with E-state index in [4.69, 9.17) is 13.9 Å². The normalized spacial score (nSPS) is 17.2. The van der Waals surface area contributed by atoms with Crippen molar-refractivity contribution in [3.8, 4) is 11.5 Å². The molecule has 1 aliphatic heterocycles. The molecule has 1 aromatic heterocycles. The van der Waals surface area contributed by atoms with Gasteiger partial charge in [-0.15, -0.1) is 0 Å². The molecule has 4 rings (SSSR count). The van der Waals surface area contributed by atoms with E-state index in [9.17, 15) is 14.7 Å². The van der Waals surface area contributed by atoms with Crippen LogP contribution in [0, 0.1) is 0 Å². The van der Waals surface area contributed by atoms with E-state index in [0.717, 1.165) is 0 Å². The van der Waals surface area contributed by atoms with E-state index < -0.39 is 17.7 Å². The smallest absolute Gasteiger partial charge is 0.296 e. The summed E-state index contributed by atoms with van der Waals surface area (Å²) in [5, 5.41) is 11.1. The lowest BCUT2D eigenvalue weighted by molar-refractivity contribution is -0.140. The molecule has 1 fully saturated rings. The number of carbonyl (C=O) groups excluding carboxylic acids is 2. The van der Waals surface area contributed by atoms with E-state index in [1.165, 1.54) is 18.3 Å². The highest BCUT2D eigenvalue weighted by molar-refractivity contribution is 6.46. The van der Waals surface area contributed by atoms with Crippen LogP contribution >= 0.6 is 0 Å². The lowest BCUT2D eigenvalue weighted by Gasteiger charge is -2.25. The molecule has 0 spiro atoms. The van der Waals surface area contributed by atoms with Crippen molar-refractivity contribution >= 4 is 17.4 Å². The highest BCUT2D eigenvalue weighted by Gasteiger charge is 2.46. The number of aliphatic hydroxyl groups is 1. The maximum atomic E-state index is 13.1. The van der Waals surface area contributed by atoms with Crippen LogP contribution < -0.4 is 9.47 Å². The van der Waals surface area contributed by atoms with Crippen LogP contribution in [-0.2, 0) is 16.1 Å². The Kier molecular flexibility index (Phi) is 6.31. The van der Waals surface area contributed by atoms with Gasteiger partial charge in [0.2, 0.25) is 0 Å². The standard InChI is InChI=1S/C26H23NO6/c1-3-13-32-20-7-4-6-18(15-20)23-22(24(28)17-9-11-19(31-2)12-10-17)25(29)26(30)27(23)16-21-8-5-14-33-21/h3-12,14-15,23,28H,1,13,16H2,2H3. The zero-order chi connectivity index (χ0) is 23.4. The molecule has 1 amide bonds. The fourth-order valence-corrected chi connectivity index (χ4v) is 3.79. The Labute approximate surface area is 191 Å². The molecule has 33 heavy (non-hydrogen) atoms. The number of methoxy groups -OCH3 is 1. The molecule has 1 N–H and O–H groups in total. The Morgan fingerprint density at radius 2 is 1.91 bits per heavy atom. The SMILES string of the molecule is C=CCOc1cccc(C2C(=C(O)c3ccc(OC)cc3)C(=O)C(=O)N2Cc2ccco2)c1. The Bertz CT molecular complexity index is 1190. The van der Waals surface area contributed by atoms with E-state index in [0.29, 0.717) is 35.0 Å². The third kappa shape index (κ3) is 4.39. The second-order valence-electron chi connectivity index (χ2n) is 7.41. The molecule has 2 aromatic carbocycles. The summed E-state index contributed by atoms with van der Waals surface area (Å²) in [5.41, 5.74) is 1.02. The predicted molar refractivity (Wildman–Crippen MR) is 122 cm³/mol. The Morgan fingerprint density at radius 1 is 1.12 bits per heavy atom. The molecule has 7 heteroatoms.